The Hall–Kier alpha value is -6.50. The van der Waals surface area contributed by atoms with Gasteiger partial charge in [-0.15, -0.1) is 11.3 Å². The summed E-state index contributed by atoms with van der Waals surface area (Å²) in [5, 5.41) is 0. The zero-order valence-corrected chi connectivity index (χ0v) is 36.3. The predicted molar refractivity (Wildman–Crippen MR) is 255 cm³/mol. The molecule has 7 aromatic rings. The standard InChI is InChI=1S/C54H49N3O2S/c1-53(2,3)37-17-9-35(10-18-37)51-45-29-27-43(56-45)49(33-13-21-39(58-7)22-14-33)41-25-26-42(55-41)50(34-15-23-40(59-8)24-16-34)44-28-30-46(57-44)52(48-32-31-47(51)60-48)36-11-19-38(20-12-36)54(4,5)6/h9-32,55H,1-8H3. The minimum Gasteiger partial charge on any atom is -0.497 e. The lowest BCUT2D eigenvalue weighted by Crippen LogP contribution is -2.10. The molecule has 6 heteroatoms. The number of nitrogens with zero attached hydrogens (tertiary/aromatic N) is 2. The average Bonchev–Trinajstić information content (AvgIpc) is 4.09. The Bertz CT molecular complexity index is 2770. The van der Waals surface area contributed by atoms with Crippen LogP contribution < -0.4 is 9.47 Å². The maximum absolute atomic E-state index is 5.57. The number of benzene rings is 4. The average molecular weight is 804 g/mol. The Morgan fingerprint density at radius 1 is 0.400 bits per heavy atom. The van der Waals surface area contributed by atoms with Gasteiger partial charge in [0.2, 0.25) is 0 Å². The van der Waals surface area contributed by atoms with Gasteiger partial charge in [0.1, 0.15) is 11.5 Å². The fourth-order valence-electron chi connectivity index (χ4n) is 8.08. The van der Waals surface area contributed by atoms with Gasteiger partial charge in [-0.3, -0.25) is 0 Å². The number of rotatable bonds is 6. The van der Waals surface area contributed by atoms with E-state index in [4.69, 9.17) is 19.4 Å². The molecule has 0 radical (unpaired) electrons. The van der Waals surface area contributed by atoms with Gasteiger partial charge in [-0.05, 0) is 117 Å². The van der Waals surface area contributed by atoms with Gasteiger partial charge in [0.25, 0.3) is 0 Å². The fraction of sp³-hybridized carbons (Fsp3) is 0.185. The molecular formula is C54H49N3O2S. The van der Waals surface area contributed by atoms with Gasteiger partial charge < -0.3 is 14.5 Å². The molecule has 5 nitrogen and oxygen atoms in total. The van der Waals surface area contributed by atoms with E-state index in [9.17, 15) is 0 Å². The highest BCUT2D eigenvalue weighted by molar-refractivity contribution is 7.24. The molecule has 0 fully saturated rings. The van der Waals surface area contributed by atoms with E-state index in [0.717, 1.165) is 99.2 Å². The van der Waals surface area contributed by atoms with Crippen LogP contribution in [0.2, 0.25) is 0 Å². The molecular weight excluding hydrogens is 755 g/mol. The molecule has 2 aliphatic rings. The first-order valence-corrected chi connectivity index (χ1v) is 21.3. The van der Waals surface area contributed by atoms with Crippen LogP contribution in [0.5, 0.6) is 11.5 Å². The van der Waals surface area contributed by atoms with Gasteiger partial charge in [-0.25, -0.2) is 9.97 Å². The first kappa shape index (κ1) is 39.0. The molecule has 9 rings (SSSR count). The summed E-state index contributed by atoms with van der Waals surface area (Å²) in [4.78, 5) is 14.8. The molecule has 2 aliphatic heterocycles. The van der Waals surface area contributed by atoms with Crippen molar-refractivity contribution in [3.05, 3.63) is 155 Å². The maximum Gasteiger partial charge on any atom is 0.118 e. The number of ether oxygens (including phenoxy) is 2. The van der Waals surface area contributed by atoms with E-state index in [0.29, 0.717) is 0 Å². The number of hydrogen-bond donors (Lipinski definition) is 1. The Morgan fingerprint density at radius 2 is 0.717 bits per heavy atom. The van der Waals surface area contributed by atoms with E-state index in [-0.39, 0.29) is 10.8 Å². The third-order valence-corrected chi connectivity index (χ3v) is 12.6. The Kier molecular flexibility index (Phi) is 9.92. The molecule has 298 valence electrons. The number of aromatic nitrogens is 3. The van der Waals surface area contributed by atoms with Crippen molar-refractivity contribution in [2.45, 2.75) is 52.4 Å². The summed E-state index contributed by atoms with van der Waals surface area (Å²) in [5.74, 6) is 1.60. The minimum absolute atomic E-state index is 0.0328. The molecule has 0 spiro atoms. The smallest absolute Gasteiger partial charge is 0.118 e. The third-order valence-electron chi connectivity index (χ3n) is 11.5. The van der Waals surface area contributed by atoms with Crippen molar-refractivity contribution in [1.82, 2.24) is 15.0 Å². The van der Waals surface area contributed by atoms with Crippen molar-refractivity contribution in [2.24, 2.45) is 0 Å². The molecule has 5 heterocycles. The molecule has 0 saturated carbocycles. The number of H-pyrrole nitrogens is 1. The van der Waals surface area contributed by atoms with Crippen molar-refractivity contribution in [3.63, 3.8) is 0 Å². The Morgan fingerprint density at radius 3 is 1.05 bits per heavy atom. The van der Waals surface area contributed by atoms with Gasteiger partial charge in [-0.2, -0.15) is 0 Å². The summed E-state index contributed by atoms with van der Waals surface area (Å²) >= 11 is 1.79. The first-order valence-electron chi connectivity index (χ1n) is 20.5. The van der Waals surface area contributed by atoms with Crippen LogP contribution >= 0.6 is 11.3 Å². The lowest BCUT2D eigenvalue weighted by atomic mass is 9.86. The second-order valence-corrected chi connectivity index (χ2v) is 18.6. The third kappa shape index (κ3) is 7.37. The predicted octanol–water partition coefficient (Wildman–Crippen LogP) is 14.7. The summed E-state index contributed by atoms with van der Waals surface area (Å²) < 4.78 is 13.4. The maximum atomic E-state index is 5.57. The zero-order valence-electron chi connectivity index (χ0n) is 35.5. The van der Waals surface area contributed by atoms with Gasteiger partial charge in [0.15, 0.2) is 0 Å². The van der Waals surface area contributed by atoms with Crippen LogP contribution in [0.4, 0.5) is 0 Å². The minimum atomic E-state index is 0.0328. The molecule has 3 aromatic heterocycles. The van der Waals surface area contributed by atoms with E-state index in [2.05, 4.69) is 168 Å². The normalized spacial score (nSPS) is 12.5. The van der Waals surface area contributed by atoms with Crippen LogP contribution in [0.15, 0.2) is 121 Å². The van der Waals surface area contributed by atoms with E-state index >= 15 is 0 Å². The Balaban J connectivity index is 1.42. The summed E-state index contributed by atoms with van der Waals surface area (Å²) in [6, 6.07) is 43.3. The number of fused-ring (bicyclic) bond motifs is 8. The number of aromatic amines is 1. The molecule has 0 amide bonds. The molecule has 0 unspecified atom stereocenters. The van der Waals surface area contributed by atoms with Crippen LogP contribution in [-0.4, -0.2) is 29.2 Å². The fourth-order valence-corrected chi connectivity index (χ4v) is 9.24. The number of methoxy groups -OCH3 is 2. The van der Waals surface area contributed by atoms with Gasteiger partial charge in [0, 0.05) is 42.7 Å². The SMILES string of the molecule is COc1ccc(-c2c3nc(c(-c4ccc(C(C)(C)C)cc4)c4ccc(s4)c(-c4ccc(C(C)(C)C)cc4)c4nc(c(-c5ccc(OC)cc5)c5ccc2[nH]5)C=C4)C=C3)cc1. The highest BCUT2D eigenvalue weighted by Crippen LogP contribution is 2.42. The second-order valence-electron chi connectivity index (χ2n) is 17.5. The molecule has 60 heavy (non-hydrogen) atoms. The quantitative estimate of drug-likeness (QED) is 0.182. The van der Waals surface area contributed by atoms with E-state index in [1.807, 2.05) is 24.3 Å². The van der Waals surface area contributed by atoms with Crippen LogP contribution in [-0.2, 0) is 10.8 Å². The lowest BCUT2D eigenvalue weighted by Gasteiger charge is -2.19. The Labute approximate surface area is 356 Å². The highest BCUT2D eigenvalue weighted by Gasteiger charge is 2.21. The zero-order chi connectivity index (χ0) is 41.8. The summed E-state index contributed by atoms with van der Waals surface area (Å²) in [7, 11) is 3.39. The first-order chi connectivity index (χ1) is 28.9. The second kappa shape index (κ2) is 15.3. The van der Waals surface area contributed by atoms with Crippen LogP contribution in [0.1, 0.15) is 75.4 Å². The molecule has 0 saturated heterocycles. The van der Waals surface area contributed by atoms with Crippen LogP contribution in [0.3, 0.4) is 0 Å². The molecule has 8 bridgehead atoms. The number of nitrogens with one attached hydrogen (secondary N) is 1. The van der Waals surface area contributed by atoms with Crippen molar-refractivity contribution in [1.29, 1.82) is 0 Å². The van der Waals surface area contributed by atoms with Gasteiger partial charge in [0.05, 0.1) is 37.0 Å². The molecule has 0 aliphatic carbocycles. The summed E-state index contributed by atoms with van der Waals surface area (Å²) in [5.41, 5.74) is 16.6. The van der Waals surface area contributed by atoms with E-state index in [1.54, 1.807) is 25.6 Å². The molecule has 4 aromatic carbocycles. The largest absolute Gasteiger partial charge is 0.497 e. The van der Waals surface area contributed by atoms with E-state index in [1.165, 1.54) is 11.1 Å². The van der Waals surface area contributed by atoms with Crippen LogP contribution in [0, 0.1) is 0 Å². The van der Waals surface area contributed by atoms with Crippen molar-refractivity contribution >= 4 is 56.1 Å². The molecule has 1 N–H and O–H groups in total. The van der Waals surface area contributed by atoms with Gasteiger partial charge >= 0.3 is 0 Å². The van der Waals surface area contributed by atoms with Crippen LogP contribution in [0.25, 0.3) is 89.2 Å². The molecule has 0 atom stereocenters. The highest BCUT2D eigenvalue weighted by atomic mass is 32.1. The number of thiophene rings is 1. The monoisotopic (exact) mass is 803 g/mol. The van der Waals surface area contributed by atoms with E-state index < -0.39 is 0 Å². The summed E-state index contributed by atoms with van der Waals surface area (Å²) in [6.07, 6.45) is 8.64. The summed E-state index contributed by atoms with van der Waals surface area (Å²) in [6.45, 7) is 13.5. The van der Waals surface area contributed by atoms with Crippen molar-refractivity contribution in [2.75, 3.05) is 14.2 Å². The van der Waals surface area contributed by atoms with Crippen molar-refractivity contribution in [3.8, 4) is 56.0 Å². The van der Waals surface area contributed by atoms with Gasteiger partial charge in [-0.1, -0.05) is 114 Å². The number of hydrogen-bond acceptors (Lipinski definition) is 5. The van der Waals surface area contributed by atoms with Crippen molar-refractivity contribution < 1.29 is 9.47 Å². The topological polar surface area (TPSA) is 60.0 Å². The lowest BCUT2D eigenvalue weighted by molar-refractivity contribution is 0.415.